The molecule has 27 heavy (non-hydrogen) atoms. The molecular formula is C21H23N3O2S. The zero-order valence-corrected chi connectivity index (χ0v) is 16.4. The highest BCUT2D eigenvalue weighted by Crippen LogP contribution is 2.30. The quantitative estimate of drug-likeness (QED) is 0.588. The zero-order chi connectivity index (χ0) is 18.6. The molecule has 1 fully saturated rings. The highest BCUT2D eigenvalue weighted by Gasteiger charge is 2.20. The first kappa shape index (κ1) is 18.1. The molecule has 1 aliphatic rings. The van der Waals surface area contributed by atoms with Crippen LogP contribution in [0.2, 0.25) is 0 Å². The van der Waals surface area contributed by atoms with E-state index in [1.54, 1.807) is 18.9 Å². The molecule has 1 aromatic heterocycles. The van der Waals surface area contributed by atoms with Gasteiger partial charge in [-0.2, -0.15) is 0 Å². The number of rotatable bonds is 6. The molecule has 1 saturated heterocycles. The molecule has 3 aromatic rings. The highest BCUT2D eigenvalue weighted by atomic mass is 32.2. The lowest BCUT2D eigenvalue weighted by atomic mass is 10.1. The van der Waals surface area contributed by atoms with E-state index in [9.17, 15) is 0 Å². The first-order valence-corrected chi connectivity index (χ1v) is 10.1. The summed E-state index contributed by atoms with van der Waals surface area (Å²) in [6, 6.07) is 16.4. The van der Waals surface area contributed by atoms with Crippen molar-refractivity contribution in [3.05, 3.63) is 54.1 Å². The second-order valence-electron chi connectivity index (χ2n) is 6.66. The Hall–Kier alpha value is -2.31. The molecule has 0 radical (unpaired) electrons. The average molecular weight is 382 g/mol. The van der Waals surface area contributed by atoms with E-state index in [0.29, 0.717) is 6.10 Å². The van der Waals surface area contributed by atoms with E-state index in [2.05, 4.69) is 46.0 Å². The summed E-state index contributed by atoms with van der Waals surface area (Å²) in [5, 5.41) is 9.88. The molecule has 0 N–H and O–H groups in total. The Kier molecular flexibility index (Phi) is 5.45. The second-order valence-corrected chi connectivity index (χ2v) is 7.64. The maximum Gasteiger partial charge on any atom is 0.196 e. The minimum absolute atomic E-state index is 0.304. The number of thioether (sulfide) groups is 1. The molecular weight excluding hydrogens is 358 g/mol. The van der Waals surface area contributed by atoms with Gasteiger partial charge in [-0.3, -0.25) is 4.57 Å². The Labute approximate surface area is 163 Å². The third-order valence-corrected chi connectivity index (χ3v) is 5.72. The lowest BCUT2D eigenvalue weighted by molar-refractivity contribution is 0.129. The summed E-state index contributed by atoms with van der Waals surface area (Å²) < 4.78 is 13.2. The molecule has 4 rings (SSSR count). The van der Waals surface area contributed by atoms with Gasteiger partial charge in [0.05, 0.1) is 13.2 Å². The van der Waals surface area contributed by atoms with Crippen molar-refractivity contribution >= 4 is 11.8 Å². The number of nitrogens with zero attached hydrogens (tertiary/aromatic N) is 3. The van der Waals surface area contributed by atoms with E-state index in [1.807, 2.05) is 24.3 Å². The Morgan fingerprint density at radius 1 is 1.19 bits per heavy atom. The van der Waals surface area contributed by atoms with Gasteiger partial charge in [0.1, 0.15) is 5.75 Å². The van der Waals surface area contributed by atoms with Crippen LogP contribution in [0.1, 0.15) is 18.4 Å². The Morgan fingerprint density at radius 2 is 2.04 bits per heavy atom. The number of methoxy groups -OCH3 is 1. The highest BCUT2D eigenvalue weighted by molar-refractivity contribution is 7.99. The molecule has 2 heterocycles. The van der Waals surface area contributed by atoms with Gasteiger partial charge in [-0.1, -0.05) is 35.5 Å². The summed E-state index contributed by atoms with van der Waals surface area (Å²) in [5.41, 5.74) is 3.28. The summed E-state index contributed by atoms with van der Waals surface area (Å²) >= 11 is 1.70. The number of aryl methyl sites for hydroxylation is 1. The largest absolute Gasteiger partial charge is 0.497 e. The van der Waals surface area contributed by atoms with Gasteiger partial charge >= 0.3 is 0 Å². The first-order valence-electron chi connectivity index (χ1n) is 9.16. The fourth-order valence-corrected chi connectivity index (χ4v) is 4.26. The molecule has 140 valence electrons. The molecule has 5 nitrogen and oxygen atoms in total. The van der Waals surface area contributed by atoms with Crippen LogP contribution in [0.4, 0.5) is 0 Å². The summed E-state index contributed by atoms with van der Waals surface area (Å²) in [4.78, 5) is 0. The minimum Gasteiger partial charge on any atom is -0.497 e. The van der Waals surface area contributed by atoms with Crippen molar-refractivity contribution in [2.24, 2.45) is 0 Å². The first-order chi connectivity index (χ1) is 13.2. The summed E-state index contributed by atoms with van der Waals surface area (Å²) in [6.07, 6.45) is 2.57. The van der Waals surface area contributed by atoms with Gasteiger partial charge in [0, 0.05) is 23.6 Å². The van der Waals surface area contributed by atoms with E-state index in [4.69, 9.17) is 9.47 Å². The smallest absolute Gasteiger partial charge is 0.196 e. The van der Waals surface area contributed by atoms with Crippen molar-refractivity contribution in [1.29, 1.82) is 0 Å². The Balaban J connectivity index is 1.71. The molecule has 0 bridgehead atoms. The maximum atomic E-state index is 5.76. The van der Waals surface area contributed by atoms with Crippen molar-refractivity contribution in [1.82, 2.24) is 14.8 Å². The molecule has 2 aromatic carbocycles. The van der Waals surface area contributed by atoms with Gasteiger partial charge < -0.3 is 9.47 Å². The molecule has 1 atom stereocenters. The molecule has 6 heteroatoms. The Morgan fingerprint density at radius 3 is 2.74 bits per heavy atom. The van der Waals surface area contributed by atoms with Crippen molar-refractivity contribution in [3.63, 3.8) is 0 Å². The lowest BCUT2D eigenvalue weighted by Gasteiger charge is -2.13. The van der Waals surface area contributed by atoms with Crippen LogP contribution in [-0.4, -0.2) is 40.3 Å². The molecule has 0 aliphatic carbocycles. The summed E-state index contributed by atoms with van der Waals surface area (Å²) in [5.74, 6) is 2.57. The van der Waals surface area contributed by atoms with E-state index >= 15 is 0 Å². The predicted octanol–water partition coefficient (Wildman–Crippen LogP) is 4.52. The number of hydrogen-bond acceptors (Lipinski definition) is 5. The van der Waals surface area contributed by atoms with E-state index in [1.165, 1.54) is 5.56 Å². The van der Waals surface area contributed by atoms with Crippen LogP contribution in [-0.2, 0) is 4.74 Å². The number of benzene rings is 2. The fraction of sp³-hybridized carbons (Fsp3) is 0.333. The normalized spacial score (nSPS) is 16.6. The third-order valence-electron chi connectivity index (χ3n) is 4.66. The van der Waals surface area contributed by atoms with Gasteiger partial charge in [0.25, 0.3) is 0 Å². The summed E-state index contributed by atoms with van der Waals surface area (Å²) in [7, 11) is 1.68. The second kappa shape index (κ2) is 8.15. The molecule has 1 unspecified atom stereocenters. The van der Waals surface area contributed by atoms with Crippen LogP contribution in [0, 0.1) is 6.92 Å². The van der Waals surface area contributed by atoms with E-state index < -0.39 is 0 Å². The van der Waals surface area contributed by atoms with Gasteiger partial charge in [0.2, 0.25) is 0 Å². The predicted molar refractivity (Wildman–Crippen MR) is 108 cm³/mol. The minimum atomic E-state index is 0.304. The SMILES string of the molecule is COc1ccc(-n2c(SCC3CCCO3)nnc2-c2cccc(C)c2)cc1. The topological polar surface area (TPSA) is 49.2 Å². The maximum absolute atomic E-state index is 5.76. The number of hydrogen-bond donors (Lipinski definition) is 0. The van der Waals surface area contributed by atoms with E-state index in [-0.39, 0.29) is 0 Å². The zero-order valence-electron chi connectivity index (χ0n) is 15.6. The van der Waals surface area contributed by atoms with E-state index in [0.717, 1.165) is 53.2 Å². The van der Waals surface area contributed by atoms with Gasteiger partial charge in [0.15, 0.2) is 11.0 Å². The molecule has 0 saturated carbocycles. The standard InChI is InChI=1S/C21H23N3O2S/c1-15-5-3-6-16(13-15)20-22-23-21(27-14-19-7-4-12-26-19)24(20)17-8-10-18(25-2)11-9-17/h3,5-6,8-11,13,19H,4,7,12,14H2,1-2H3. The van der Waals surface area contributed by atoms with Crippen LogP contribution >= 0.6 is 11.8 Å². The summed E-state index contributed by atoms with van der Waals surface area (Å²) in [6.45, 7) is 2.95. The van der Waals surface area contributed by atoms with Gasteiger partial charge in [-0.05, 0) is 50.1 Å². The lowest BCUT2D eigenvalue weighted by Crippen LogP contribution is -2.09. The molecule has 1 aliphatic heterocycles. The monoisotopic (exact) mass is 381 g/mol. The van der Waals surface area contributed by atoms with Crippen LogP contribution < -0.4 is 4.74 Å². The van der Waals surface area contributed by atoms with Crippen LogP contribution in [0.15, 0.2) is 53.7 Å². The van der Waals surface area contributed by atoms with Gasteiger partial charge in [-0.15, -0.1) is 10.2 Å². The van der Waals surface area contributed by atoms with Crippen molar-refractivity contribution in [2.75, 3.05) is 19.5 Å². The molecule has 0 spiro atoms. The fourth-order valence-electron chi connectivity index (χ4n) is 3.24. The van der Waals surface area contributed by atoms with Gasteiger partial charge in [-0.25, -0.2) is 0 Å². The average Bonchev–Trinajstić information content (AvgIpc) is 3.36. The molecule has 0 amide bonds. The van der Waals surface area contributed by atoms with Crippen LogP contribution in [0.25, 0.3) is 17.1 Å². The third kappa shape index (κ3) is 4.01. The number of ether oxygens (including phenoxy) is 2. The number of aromatic nitrogens is 3. The van der Waals surface area contributed by atoms with Crippen LogP contribution in [0.3, 0.4) is 0 Å². The Bertz CT molecular complexity index is 902. The van der Waals surface area contributed by atoms with Crippen molar-refractivity contribution < 1.29 is 9.47 Å². The van der Waals surface area contributed by atoms with Crippen molar-refractivity contribution in [2.45, 2.75) is 31.0 Å². The van der Waals surface area contributed by atoms with Crippen molar-refractivity contribution in [3.8, 4) is 22.8 Å². The van der Waals surface area contributed by atoms with Crippen LogP contribution in [0.5, 0.6) is 5.75 Å².